The number of carbonyl (C=O) groups excluding carboxylic acids is 4. The van der Waals surface area contributed by atoms with Crippen molar-refractivity contribution in [1.29, 1.82) is 0 Å². The summed E-state index contributed by atoms with van der Waals surface area (Å²) in [4.78, 5) is 48.0. The molecule has 0 atom stereocenters. The Bertz CT molecular complexity index is 971. The number of imide groups is 1. The lowest BCUT2D eigenvalue weighted by atomic mass is 10.2. The SMILES string of the molecule is O=C(C=Cc1ccc(Cl)cc1)Nc1ccc(NC(=O)CCN2C(=O)CNC2=O)cc1. The second-order valence-corrected chi connectivity index (χ2v) is 6.89. The Kier molecular flexibility index (Phi) is 6.82. The molecule has 0 unspecified atom stereocenters. The van der Waals surface area contributed by atoms with Gasteiger partial charge in [0.05, 0.1) is 6.54 Å². The molecule has 0 bridgehead atoms. The maximum absolute atomic E-state index is 12.0. The Morgan fingerprint density at radius 1 is 1.00 bits per heavy atom. The number of rotatable bonds is 7. The Morgan fingerprint density at radius 2 is 1.63 bits per heavy atom. The second kappa shape index (κ2) is 9.71. The minimum absolute atomic E-state index is 0.00681. The molecule has 3 rings (SSSR count). The number of halogens is 1. The van der Waals surface area contributed by atoms with Gasteiger partial charge in [-0.1, -0.05) is 23.7 Å². The quantitative estimate of drug-likeness (QED) is 0.467. The zero-order valence-corrected chi connectivity index (χ0v) is 16.6. The molecule has 1 aliphatic rings. The monoisotopic (exact) mass is 426 g/mol. The third-order valence-electron chi connectivity index (χ3n) is 4.23. The summed E-state index contributed by atoms with van der Waals surface area (Å²) in [7, 11) is 0. The molecule has 1 heterocycles. The van der Waals surface area contributed by atoms with Crippen LogP contribution in [0.25, 0.3) is 6.08 Å². The predicted molar refractivity (Wildman–Crippen MR) is 114 cm³/mol. The summed E-state index contributed by atoms with van der Waals surface area (Å²) in [5.41, 5.74) is 1.95. The summed E-state index contributed by atoms with van der Waals surface area (Å²) in [5, 5.41) is 8.42. The first-order valence-corrected chi connectivity index (χ1v) is 9.51. The first kappa shape index (κ1) is 21.1. The number of hydrogen-bond donors (Lipinski definition) is 3. The second-order valence-electron chi connectivity index (χ2n) is 6.45. The average Bonchev–Trinajstić information content (AvgIpc) is 3.05. The van der Waals surface area contributed by atoms with E-state index in [1.807, 2.05) is 0 Å². The minimum Gasteiger partial charge on any atom is -0.329 e. The van der Waals surface area contributed by atoms with E-state index in [0.717, 1.165) is 10.5 Å². The summed E-state index contributed by atoms with van der Waals surface area (Å²) in [6.45, 7) is -0.0207. The molecular formula is C21H19ClN4O4. The van der Waals surface area contributed by atoms with Crippen LogP contribution in [0.15, 0.2) is 54.6 Å². The van der Waals surface area contributed by atoms with E-state index >= 15 is 0 Å². The molecule has 3 N–H and O–H groups in total. The molecule has 0 aromatic heterocycles. The van der Waals surface area contributed by atoms with Crippen LogP contribution >= 0.6 is 11.6 Å². The number of anilines is 2. The Morgan fingerprint density at radius 3 is 2.23 bits per heavy atom. The molecule has 2 aromatic rings. The lowest BCUT2D eigenvalue weighted by Gasteiger charge is -2.12. The molecule has 1 saturated heterocycles. The van der Waals surface area contributed by atoms with Crippen molar-refractivity contribution < 1.29 is 19.2 Å². The molecule has 1 fully saturated rings. The third-order valence-corrected chi connectivity index (χ3v) is 4.48. The molecule has 9 heteroatoms. The number of carbonyl (C=O) groups is 4. The number of amides is 5. The first-order valence-electron chi connectivity index (χ1n) is 9.13. The molecule has 154 valence electrons. The van der Waals surface area contributed by atoms with Crippen molar-refractivity contribution in [2.75, 3.05) is 23.7 Å². The van der Waals surface area contributed by atoms with Gasteiger partial charge in [0.2, 0.25) is 17.7 Å². The van der Waals surface area contributed by atoms with Gasteiger partial charge in [-0.2, -0.15) is 0 Å². The van der Waals surface area contributed by atoms with Gasteiger partial charge in [0.15, 0.2) is 0 Å². The lowest BCUT2D eigenvalue weighted by Crippen LogP contribution is -2.33. The minimum atomic E-state index is -0.488. The van der Waals surface area contributed by atoms with E-state index in [0.29, 0.717) is 16.4 Å². The van der Waals surface area contributed by atoms with Gasteiger partial charge in [0, 0.05) is 35.4 Å². The fourth-order valence-electron chi connectivity index (χ4n) is 2.69. The molecule has 0 radical (unpaired) electrons. The van der Waals surface area contributed by atoms with E-state index in [1.54, 1.807) is 54.6 Å². The van der Waals surface area contributed by atoms with Gasteiger partial charge in [-0.3, -0.25) is 19.3 Å². The standard InChI is InChI=1S/C21H19ClN4O4/c22-15-4-1-14(2-5-15)3-10-18(27)24-16-6-8-17(9-7-16)25-19(28)11-12-26-20(29)13-23-21(26)30/h1-10H,11-13H2,(H,23,30)(H,24,27)(H,25,28). The molecule has 8 nitrogen and oxygen atoms in total. The molecule has 0 aliphatic carbocycles. The van der Waals surface area contributed by atoms with E-state index in [1.165, 1.54) is 6.08 Å². The Labute approximate surface area is 177 Å². The van der Waals surface area contributed by atoms with Gasteiger partial charge in [0.1, 0.15) is 0 Å². The van der Waals surface area contributed by atoms with Gasteiger partial charge in [0.25, 0.3) is 0 Å². The molecule has 1 aliphatic heterocycles. The van der Waals surface area contributed by atoms with E-state index in [4.69, 9.17) is 11.6 Å². The molecule has 2 aromatic carbocycles. The largest absolute Gasteiger partial charge is 0.329 e. The zero-order valence-electron chi connectivity index (χ0n) is 15.9. The van der Waals surface area contributed by atoms with Gasteiger partial charge >= 0.3 is 6.03 Å². The number of nitrogens with zero attached hydrogens (tertiary/aromatic N) is 1. The van der Waals surface area contributed by atoms with Gasteiger partial charge < -0.3 is 16.0 Å². The smallest absolute Gasteiger partial charge is 0.324 e. The maximum atomic E-state index is 12.0. The summed E-state index contributed by atoms with van der Waals surface area (Å²) in [6.07, 6.45) is 3.08. The molecule has 30 heavy (non-hydrogen) atoms. The number of urea groups is 1. The van der Waals surface area contributed by atoms with E-state index in [9.17, 15) is 19.2 Å². The van der Waals surface area contributed by atoms with Crippen molar-refractivity contribution in [3.8, 4) is 0 Å². The molecule has 0 saturated carbocycles. The molecule has 0 spiro atoms. The van der Waals surface area contributed by atoms with Gasteiger partial charge in [-0.25, -0.2) is 4.79 Å². The van der Waals surface area contributed by atoms with E-state index in [-0.39, 0.29) is 37.2 Å². The van der Waals surface area contributed by atoms with Crippen molar-refractivity contribution in [2.45, 2.75) is 6.42 Å². The van der Waals surface area contributed by atoms with Crippen LogP contribution in [0.2, 0.25) is 5.02 Å². The Hall–Kier alpha value is -3.65. The first-order chi connectivity index (χ1) is 14.4. The normalized spacial score (nSPS) is 13.4. The maximum Gasteiger partial charge on any atom is 0.324 e. The van der Waals surface area contributed by atoms with Gasteiger partial charge in [-0.05, 0) is 48.0 Å². The van der Waals surface area contributed by atoms with Crippen LogP contribution < -0.4 is 16.0 Å². The van der Waals surface area contributed by atoms with Crippen LogP contribution in [0.4, 0.5) is 16.2 Å². The van der Waals surface area contributed by atoms with Crippen molar-refractivity contribution in [3.05, 3.63) is 65.2 Å². The van der Waals surface area contributed by atoms with Crippen molar-refractivity contribution in [3.63, 3.8) is 0 Å². The van der Waals surface area contributed by atoms with Crippen molar-refractivity contribution in [1.82, 2.24) is 10.2 Å². The highest BCUT2D eigenvalue weighted by Gasteiger charge is 2.28. The topological polar surface area (TPSA) is 108 Å². The van der Waals surface area contributed by atoms with E-state index < -0.39 is 6.03 Å². The van der Waals surface area contributed by atoms with E-state index in [2.05, 4.69) is 16.0 Å². The van der Waals surface area contributed by atoms with Crippen LogP contribution in [0.3, 0.4) is 0 Å². The van der Waals surface area contributed by atoms with Crippen molar-refractivity contribution in [2.24, 2.45) is 0 Å². The fraction of sp³-hybridized carbons (Fsp3) is 0.143. The molecule has 5 amide bonds. The molecular weight excluding hydrogens is 408 g/mol. The predicted octanol–water partition coefficient (Wildman–Crippen LogP) is 2.87. The summed E-state index contributed by atoms with van der Waals surface area (Å²) >= 11 is 5.82. The number of hydrogen-bond acceptors (Lipinski definition) is 4. The lowest BCUT2D eigenvalue weighted by molar-refractivity contribution is -0.125. The highest BCUT2D eigenvalue weighted by atomic mass is 35.5. The van der Waals surface area contributed by atoms with Crippen LogP contribution in [-0.4, -0.2) is 41.7 Å². The van der Waals surface area contributed by atoms with Crippen molar-refractivity contribution >= 4 is 52.8 Å². The number of nitrogens with one attached hydrogen (secondary N) is 3. The third kappa shape index (κ3) is 5.92. The fourth-order valence-corrected chi connectivity index (χ4v) is 2.81. The zero-order chi connectivity index (χ0) is 21.5. The summed E-state index contributed by atoms with van der Waals surface area (Å²) in [5.74, 6) is -0.974. The van der Waals surface area contributed by atoms with Gasteiger partial charge in [-0.15, -0.1) is 0 Å². The average molecular weight is 427 g/mol. The van der Waals surface area contributed by atoms with Crippen LogP contribution in [0.1, 0.15) is 12.0 Å². The summed E-state index contributed by atoms with van der Waals surface area (Å²) < 4.78 is 0. The van der Waals surface area contributed by atoms with Crippen LogP contribution in [0, 0.1) is 0 Å². The Balaban J connectivity index is 1.46. The highest BCUT2D eigenvalue weighted by molar-refractivity contribution is 6.30. The summed E-state index contributed by atoms with van der Waals surface area (Å²) in [6, 6.07) is 13.2. The van der Waals surface area contributed by atoms with Crippen LogP contribution in [-0.2, 0) is 14.4 Å². The van der Waals surface area contributed by atoms with Crippen LogP contribution in [0.5, 0.6) is 0 Å². The number of benzene rings is 2. The highest BCUT2D eigenvalue weighted by Crippen LogP contribution is 2.15.